The summed E-state index contributed by atoms with van der Waals surface area (Å²) in [6.07, 6.45) is 3.45. The fourth-order valence-electron chi connectivity index (χ4n) is 2.72. The highest BCUT2D eigenvalue weighted by atomic mass is 127. The van der Waals surface area contributed by atoms with Gasteiger partial charge in [-0.25, -0.2) is 0 Å². The lowest BCUT2D eigenvalue weighted by Gasteiger charge is -2.28. The van der Waals surface area contributed by atoms with E-state index in [0.717, 1.165) is 44.6 Å². The van der Waals surface area contributed by atoms with Crippen LogP contribution in [-0.2, 0) is 0 Å². The third-order valence-electron chi connectivity index (χ3n) is 4.43. The molecule has 4 nitrogen and oxygen atoms in total. The third-order valence-corrected chi connectivity index (χ3v) is 5.68. The van der Waals surface area contributed by atoms with E-state index < -0.39 is 0 Å². The van der Waals surface area contributed by atoms with E-state index in [4.69, 9.17) is 0 Å². The smallest absolute Gasteiger partial charge is 0.193 e. The van der Waals surface area contributed by atoms with Gasteiger partial charge >= 0.3 is 0 Å². The Morgan fingerprint density at radius 2 is 2.00 bits per heavy atom. The van der Waals surface area contributed by atoms with Crippen molar-refractivity contribution in [3.05, 3.63) is 0 Å². The lowest BCUT2D eigenvalue weighted by atomic mass is 10.1. The first-order valence-corrected chi connectivity index (χ1v) is 9.41. The summed E-state index contributed by atoms with van der Waals surface area (Å²) in [7, 11) is 1.89. The van der Waals surface area contributed by atoms with Gasteiger partial charge in [0.05, 0.1) is 0 Å². The predicted molar refractivity (Wildman–Crippen MR) is 112 cm³/mol. The highest BCUT2D eigenvalue weighted by Gasteiger charge is 2.26. The molecule has 132 valence electrons. The molecule has 0 aliphatic carbocycles. The normalized spacial score (nSPS) is 19.5. The number of aliphatic imine (C=N–C) groups is 1. The minimum Gasteiger partial charge on any atom is -0.355 e. The Balaban J connectivity index is 0.00000441. The summed E-state index contributed by atoms with van der Waals surface area (Å²) in [4.78, 5) is 9.42. The zero-order valence-corrected chi connectivity index (χ0v) is 18.3. The molecule has 1 saturated heterocycles. The van der Waals surface area contributed by atoms with Crippen molar-refractivity contribution < 1.29 is 0 Å². The van der Waals surface area contributed by atoms with Gasteiger partial charge in [0.1, 0.15) is 0 Å². The first kappa shape index (κ1) is 22.3. The van der Waals surface area contributed by atoms with Gasteiger partial charge in [0.15, 0.2) is 5.96 Å². The van der Waals surface area contributed by atoms with Crippen LogP contribution in [0.2, 0.25) is 0 Å². The van der Waals surface area contributed by atoms with Crippen molar-refractivity contribution in [3.63, 3.8) is 0 Å². The Morgan fingerprint density at radius 1 is 1.36 bits per heavy atom. The minimum atomic E-state index is 0. The third kappa shape index (κ3) is 7.25. The van der Waals surface area contributed by atoms with Crippen LogP contribution in [0.25, 0.3) is 0 Å². The summed E-state index contributed by atoms with van der Waals surface area (Å²) in [6.45, 7) is 15.8. The number of likely N-dealkylation sites (tertiary alicyclic amines) is 1. The standard InChI is InChI=1S/C16H34N4S.HI/c1-7-19(8-2)11-14-9-10-20(12-14)15(17-5)18-13-16(3,4)21-6;/h14H,7-13H2,1-6H3,(H,17,18);1H. The maximum Gasteiger partial charge on any atom is 0.193 e. The summed E-state index contributed by atoms with van der Waals surface area (Å²) in [5, 5.41) is 3.55. The van der Waals surface area contributed by atoms with Gasteiger partial charge in [0.25, 0.3) is 0 Å². The highest BCUT2D eigenvalue weighted by molar-refractivity contribution is 14.0. The van der Waals surface area contributed by atoms with Crippen molar-refractivity contribution in [2.24, 2.45) is 10.9 Å². The van der Waals surface area contributed by atoms with Crippen LogP contribution in [-0.4, -0.2) is 73.1 Å². The van der Waals surface area contributed by atoms with Crippen molar-refractivity contribution in [1.29, 1.82) is 0 Å². The molecule has 1 rings (SSSR count). The van der Waals surface area contributed by atoms with Crippen LogP contribution < -0.4 is 5.32 Å². The van der Waals surface area contributed by atoms with E-state index >= 15 is 0 Å². The van der Waals surface area contributed by atoms with Gasteiger partial charge in [-0.3, -0.25) is 4.99 Å². The van der Waals surface area contributed by atoms with Crippen molar-refractivity contribution in [2.75, 3.05) is 52.6 Å². The zero-order chi connectivity index (χ0) is 15.9. The first-order chi connectivity index (χ1) is 9.95. The average Bonchev–Trinajstić information content (AvgIpc) is 2.93. The molecule has 6 heteroatoms. The van der Waals surface area contributed by atoms with Gasteiger partial charge < -0.3 is 15.1 Å². The van der Waals surface area contributed by atoms with Gasteiger partial charge in [-0.2, -0.15) is 11.8 Å². The molecule has 0 radical (unpaired) electrons. The maximum atomic E-state index is 4.47. The van der Waals surface area contributed by atoms with Crippen LogP contribution in [0.3, 0.4) is 0 Å². The van der Waals surface area contributed by atoms with Gasteiger partial charge in [-0.05, 0) is 45.5 Å². The second kappa shape index (κ2) is 11.0. The summed E-state index contributed by atoms with van der Waals surface area (Å²) < 4.78 is 0.246. The molecule has 22 heavy (non-hydrogen) atoms. The molecule has 0 saturated carbocycles. The number of nitrogens with one attached hydrogen (secondary N) is 1. The molecule has 1 aliphatic rings. The fraction of sp³-hybridized carbons (Fsp3) is 0.938. The Hall–Kier alpha value is 0.310. The van der Waals surface area contributed by atoms with E-state index in [9.17, 15) is 0 Å². The van der Waals surface area contributed by atoms with Gasteiger partial charge in [0.2, 0.25) is 0 Å². The molecule has 1 aliphatic heterocycles. The molecule has 0 aromatic rings. The van der Waals surface area contributed by atoms with Crippen molar-refractivity contribution in [3.8, 4) is 0 Å². The van der Waals surface area contributed by atoms with E-state index in [0.29, 0.717) is 0 Å². The average molecular weight is 442 g/mol. The Morgan fingerprint density at radius 3 is 2.50 bits per heavy atom. The first-order valence-electron chi connectivity index (χ1n) is 8.18. The van der Waals surface area contributed by atoms with E-state index in [-0.39, 0.29) is 28.7 Å². The van der Waals surface area contributed by atoms with E-state index in [1.165, 1.54) is 13.0 Å². The molecular weight excluding hydrogens is 407 g/mol. The van der Waals surface area contributed by atoms with Crippen LogP contribution in [0.5, 0.6) is 0 Å². The summed E-state index contributed by atoms with van der Waals surface area (Å²) >= 11 is 1.89. The van der Waals surface area contributed by atoms with Crippen molar-refractivity contribution in [2.45, 2.75) is 38.9 Å². The van der Waals surface area contributed by atoms with E-state index in [1.54, 1.807) is 0 Å². The number of hydrogen-bond acceptors (Lipinski definition) is 3. The number of guanidine groups is 1. The van der Waals surface area contributed by atoms with Crippen LogP contribution in [0.15, 0.2) is 4.99 Å². The second-order valence-electron chi connectivity index (χ2n) is 6.45. The van der Waals surface area contributed by atoms with Crippen LogP contribution >= 0.6 is 35.7 Å². The molecule has 0 bridgehead atoms. The SMILES string of the molecule is CCN(CC)CC1CCN(C(=NC)NCC(C)(C)SC)C1.I. The molecule has 1 atom stereocenters. The van der Waals surface area contributed by atoms with Crippen molar-refractivity contribution in [1.82, 2.24) is 15.1 Å². The lowest BCUT2D eigenvalue weighted by Crippen LogP contribution is -2.45. The number of nitrogens with zero attached hydrogens (tertiary/aromatic N) is 3. The van der Waals surface area contributed by atoms with E-state index in [1.807, 2.05) is 18.8 Å². The number of halogens is 1. The number of hydrogen-bond donors (Lipinski definition) is 1. The maximum absolute atomic E-state index is 4.47. The largest absolute Gasteiger partial charge is 0.355 e. The van der Waals surface area contributed by atoms with Crippen LogP contribution in [0.4, 0.5) is 0 Å². The molecule has 1 N–H and O–H groups in total. The summed E-state index contributed by atoms with van der Waals surface area (Å²) in [5.41, 5.74) is 0. The second-order valence-corrected chi connectivity index (χ2v) is 7.96. The minimum absolute atomic E-state index is 0. The van der Waals surface area contributed by atoms with Gasteiger partial charge in [-0.15, -0.1) is 24.0 Å². The Labute approximate surface area is 158 Å². The molecule has 0 aromatic heterocycles. The van der Waals surface area contributed by atoms with Crippen LogP contribution in [0.1, 0.15) is 34.1 Å². The molecule has 0 aromatic carbocycles. The summed E-state index contributed by atoms with van der Waals surface area (Å²) in [6, 6.07) is 0. The number of thioether (sulfide) groups is 1. The number of rotatable bonds is 7. The van der Waals surface area contributed by atoms with Crippen LogP contribution in [0, 0.1) is 5.92 Å². The highest BCUT2D eigenvalue weighted by Crippen LogP contribution is 2.21. The molecule has 1 heterocycles. The van der Waals surface area contributed by atoms with Crippen molar-refractivity contribution >= 4 is 41.7 Å². The molecular formula is C16H35IN4S. The molecule has 0 spiro atoms. The summed E-state index contributed by atoms with van der Waals surface area (Å²) in [5.74, 6) is 1.84. The molecule has 0 amide bonds. The van der Waals surface area contributed by atoms with Gasteiger partial charge in [0, 0.05) is 38.0 Å². The monoisotopic (exact) mass is 442 g/mol. The lowest BCUT2D eigenvalue weighted by molar-refractivity contribution is 0.255. The Bertz CT molecular complexity index is 332. The van der Waals surface area contributed by atoms with E-state index in [2.05, 4.69) is 54.1 Å². The van der Waals surface area contributed by atoms with Gasteiger partial charge in [-0.1, -0.05) is 13.8 Å². The predicted octanol–water partition coefficient (Wildman–Crippen LogP) is 2.99. The Kier molecular flexibility index (Phi) is 11.1. The topological polar surface area (TPSA) is 30.9 Å². The molecule has 1 unspecified atom stereocenters. The molecule has 1 fully saturated rings. The quantitative estimate of drug-likeness (QED) is 0.373. The fourth-order valence-corrected chi connectivity index (χ4v) is 2.93. The zero-order valence-electron chi connectivity index (χ0n) is 15.2.